The van der Waals surface area contributed by atoms with Crippen molar-refractivity contribution in [1.29, 1.82) is 0 Å². The molecule has 1 saturated heterocycles. The molecule has 0 spiro atoms. The summed E-state index contributed by atoms with van der Waals surface area (Å²) < 4.78 is 0. The van der Waals surface area contributed by atoms with Crippen LogP contribution in [0.3, 0.4) is 0 Å². The fourth-order valence-corrected chi connectivity index (χ4v) is 4.44. The van der Waals surface area contributed by atoms with E-state index in [9.17, 15) is 9.59 Å². The molecular weight excluding hydrogens is 376 g/mol. The molecule has 2 aliphatic rings. The summed E-state index contributed by atoms with van der Waals surface area (Å²) in [4.78, 5) is 28.4. The van der Waals surface area contributed by atoms with Crippen molar-refractivity contribution in [3.05, 3.63) is 65.2 Å². The maximum absolute atomic E-state index is 12.4. The fourth-order valence-electron chi connectivity index (χ4n) is 4.44. The number of benzene rings is 2. The molecule has 0 aromatic heterocycles. The van der Waals surface area contributed by atoms with E-state index in [0.29, 0.717) is 12.1 Å². The third-order valence-corrected chi connectivity index (χ3v) is 6.18. The Morgan fingerprint density at radius 1 is 1.03 bits per heavy atom. The number of nitrogens with zero attached hydrogens (tertiary/aromatic N) is 2. The molecule has 6 nitrogen and oxygen atoms in total. The third kappa shape index (κ3) is 4.82. The molecule has 0 bridgehead atoms. The number of likely N-dealkylation sites (tertiary alicyclic amines) is 1. The number of hydrogen-bond donors (Lipinski definition) is 2. The topological polar surface area (TPSA) is 78.7 Å². The van der Waals surface area contributed by atoms with Crippen LogP contribution in [0.4, 0.5) is 5.69 Å². The minimum atomic E-state index is -0.200. The van der Waals surface area contributed by atoms with Crippen molar-refractivity contribution in [2.45, 2.75) is 32.4 Å². The van der Waals surface area contributed by atoms with E-state index in [2.05, 4.69) is 39.4 Å². The van der Waals surface area contributed by atoms with Gasteiger partial charge in [0.1, 0.15) is 0 Å². The van der Waals surface area contributed by atoms with Crippen LogP contribution < -0.4 is 16.0 Å². The van der Waals surface area contributed by atoms with Crippen molar-refractivity contribution in [3.8, 4) is 0 Å². The lowest BCUT2D eigenvalue weighted by Crippen LogP contribution is -2.42. The second-order valence-electron chi connectivity index (χ2n) is 8.32. The molecule has 2 aliphatic heterocycles. The first kappa shape index (κ1) is 20.4. The van der Waals surface area contributed by atoms with Crippen molar-refractivity contribution in [3.63, 3.8) is 0 Å². The van der Waals surface area contributed by atoms with Crippen LogP contribution in [-0.2, 0) is 17.9 Å². The first-order valence-electron chi connectivity index (χ1n) is 10.8. The number of rotatable bonds is 7. The van der Waals surface area contributed by atoms with Gasteiger partial charge in [-0.2, -0.15) is 0 Å². The quantitative estimate of drug-likeness (QED) is 0.693. The average Bonchev–Trinajstić information content (AvgIpc) is 3.21. The molecule has 158 valence electrons. The number of carbonyl (C=O) groups excluding carboxylic acids is 2. The predicted molar refractivity (Wildman–Crippen MR) is 118 cm³/mol. The molecule has 2 amide bonds. The zero-order chi connectivity index (χ0) is 20.9. The number of hydrogen-bond acceptors (Lipinski definition) is 4. The standard InChI is InChI=1S/C24H30N4O2/c25-23(29)21-7-3-13-27(15-21)14-4-12-26-24(30)18-8-10-22(11-9-18)28-16-19-5-1-2-6-20(19)17-28/h1-2,5-6,8-11,21H,3-4,7,12-17H2,(H2,25,29)(H,26,30)/t21-/m0/s1. The van der Waals surface area contributed by atoms with Gasteiger partial charge in [0, 0.05) is 37.4 Å². The van der Waals surface area contributed by atoms with Crippen molar-refractivity contribution in [1.82, 2.24) is 10.2 Å². The van der Waals surface area contributed by atoms with E-state index < -0.39 is 0 Å². The number of piperidine rings is 1. The van der Waals surface area contributed by atoms with Gasteiger partial charge in [-0.15, -0.1) is 0 Å². The lowest BCUT2D eigenvalue weighted by Gasteiger charge is -2.31. The Morgan fingerprint density at radius 3 is 2.40 bits per heavy atom. The number of carbonyl (C=O) groups is 2. The maximum Gasteiger partial charge on any atom is 0.251 e. The van der Waals surface area contributed by atoms with Crippen molar-refractivity contribution >= 4 is 17.5 Å². The molecule has 6 heteroatoms. The van der Waals surface area contributed by atoms with Gasteiger partial charge in [-0.25, -0.2) is 0 Å². The number of fused-ring (bicyclic) bond motifs is 1. The molecule has 0 saturated carbocycles. The highest BCUT2D eigenvalue weighted by Crippen LogP contribution is 2.28. The van der Waals surface area contributed by atoms with Crippen LogP contribution in [0.1, 0.15) is 40.7 Å². The lowest BCUT2D eigenvalue weighted by molar-refractivity contribution is -0.123. The Hall–Kier alpha value is -2.86. The summed E-state index contributed by atoms with van der Waals surface area (Å²) in [7, 11) is 0. The largest absolute Gasteiger partial charge is 0.369 e. The Labute approximate surface area is 178 Å². The zero-order valence-electron chi connectivity index (χ0n) is 17.3. The summed E-state index contributed by atoms with van der Waals surface area (Å²) in [5, 5.41) is 3.00. The molecule has 2 aromatic carbocycles. The second-order valence-corrected chi connectivity index (χ2v) is 8.32. The van der Waals surface area contributed by atoms with Crippen molar-refractivity contribution in [2.24, 2.45) is 11.7 Å². The number of nitrogens with one attached hydrogen (secondary N) is 1. The highest BCUT2D eigenvalue weighted by Gasteiger charge is 2.23. The first-order valence-corrected chi connectivity index (χ1v) is 10.8. The minimum absolute atomic E-state index is 0.0322. The maximum atomic E-state index is 12.4. The summed E-state index contributed by atoms with van der Waals surface area (Å²) in [5.41, 5.74) is 10.00. The summed E-state index contributed by atoms with van der Waals surface area (Å²) in [6.45, 7) is 5.06. The average molecular weight is 407 g/mol. The molecule has 3 N–H and O–H groups in total. The van der Waals surface area contributed by atoms with Gasteiger partial charge in [0.05, 0.1) is 5.92 Å². The lowest BCUT2D eigenvalue weighted by atomic mass is 9.97. The highest BCUT2D eigenvalue weighted by molar-refractivity contribution is 5.94. The van der Waals surface area contributed by atoms with Crippen LogP contribution in [0.2, 0.25) is 0 Å². The van der Waals surface area contributed by atoms with E-state index in [0.717, 1.165) is 57.7 Å². The molecular formula is C24H30N4O2. The van der Waals surface area contributed by atoms with E-state index in [1.54, 1.807) is 0 Å². The Morgan fingerprint density at radius 2 is 1.73 bits per heavy atom. The van der Waals surface area contributed by atoms with Gasteiger partial charge in [-0.1, -0.05) is 24.3 Å². The number of amides is 2. The van der Waals surface area contributed by atoms with Gasteiger partial charge in [0.2, 0.25) is 5.91 Å². The van der Waals surface area contributed by atoms with Crippen LogP contribution in [0.25, 0.3) is 0 Å². The molecule has 0 unspecified atom stereocenters. The SMILES string of the molecule is NC(=O)[C@H]1CCCN(CCCNC(=O)c2ccc(N3Cc4ccccc4C3)cc2)C1. The smallest absolute Gasteiger partial charge is 0.251 e. The van der Waals surface area contributed by atoms with E-state index in [1.807, 2.05) is 24.3 Å². The first-order chi connectivity index (χ1) is 14.6. The van der Waals surface area contributed by atoms with Gasteiger partial charge in [0.25, 0.3) is 5.91 Å². The summed E-state index contributed by atoms with van der Waals surface area (Å²) >= 11 is 0. The fraction of sp³-hybridized carbons (Fsp3) is 0.417. The van der Waals surface area contributed by atoms with Gasteiger partial charge in [-0.05, 0) is 67.7 Å². The van der Waals surface area contributed by atoms with Crippen LogP contribution in [0.15, 0.2) is 48.5 Å². The normalized spacial score (nSPS) is 18.8. The Bertz CT molecular complexity index is 871. The predicted octanol–water partition coefficient (Wildman–Crippen LogP) is 2.52. The number of primary amides is 1. The third-order valence-electron chi connectivity index (χ3n) is 6.18. The molecule has 2 heterocycles. The Balaban J connectivity index is 1.21. The highest BCUT2D eigenvalue weighted by atomic mass is 16.2. The summed E-state index contributed by atoms with van der Waals surface area (Å²) in [6.07, 6.45) is 2.76. The molecule has 1 fully saturated rings. The summed E-state index contributed by atoms with van der Waals surface area (Å²) in [5.74, 6) is -0.274. The van der Waals surface area contributed by atoms with E-state index in [-0.39, 0.29) is 17.7 Å². The molecule has 30 heavy (non-hydrogen) atoms. The van der Waals surface area contributed by atoms with Crippen LogP contribution in [0, 0.1) is 5.92 Å². The van der Waals surface area contributed by atoms with Crippen LogP contribution >= 0.6 is 0 Å². The summed E-state index contributed by atoms with van der Waals surface area (Å²) in [6, 6.07) is 16.4. The van der Waals surface area contributed by atoms with Gasteiger partial charge >= 0.3 is 0 Å². The van der Waals surface area contributed by atoms with Crippen LogP contribution in [-0.4, -0.2) is 42.9 Å². The van der Waals surface area contributed by atoms with E-state index >= 15 is 0 Å². The second kappa shape index (κ2) is 9.30. The number of nitrogens with two attached hydrogens (primary N) is 1. The van der Waals surface area contributed by atoms with E-state index in [1.165, 1.54) is 11.1 Å². The van der Waals surface area contributed by atoms with Crippen molar-refractivity contribution in [2.75, 3.05) is 31.1 Å². The minimum Gasteiger partial charge on any atom is -0.369 e. The van der Waals surface area contributed by atoms with Crippen LogP contribution in [0.5, 0.6) is 0 Å². The van der Waals surface area contributed by atoms with Gasteiger partial charge in [0.15, 0.2) is 0 Å². The molecule has 2 aromatic rings. The van der Waals surface area contributed by atoms with E-state index in [4.69, 9.17) is 5.73 Å². The molecule has 0 radical (unpaired) electrons. The monoisotopic (exact) mass is 406 g/mol. The molecule has 1 atom stereocenters. The van der Waals surface area contributed by atoms with Gasteiger partial charge in [-0.3, -0.25) is 9.59 Å². The van der Waals surface area contributed by atoms with Gasteiger partial charge < -0.3 is 20.9 Å². The molecule has 0 aliphatic carbocycles. The van der Waals surface area contributed by atoms with Crippen molar-refractivity contribution < 1.29 is 9.59 Å². The number of anilines is 1. The Kier molecular flexibility index (Phi) is 6.33. The molecule has 4 rings (SSSR count). The zero-order valence-corrected chi connectivity index (χ0v) is 17.3.